The monoisotopic (exact) mass is 458 g/mol. The van der Waals surface area contributed by atoms with Gasteiger partial charge in [0.25, 0.3) is 0 Å². The standard InChI is InChI=1S/C17H23FN6.HI/c1-13-11-16(22(2)21-13)12-20-17(19)24-9-7-23(8-10-24)15-5-3-14(18)4-6-15;/h3-6,11H,7-10,12H2,1-2H3,(H2,19,20);1H. The van der Waals surface area contributed by atoms with E-state index in [9.17, 15) is 4.39 Å². The second-order valence-electron chi connectivity index (χ2n) is 6.03. The highest BCUT2D eigenvalue weighted by molar-refractivity contribution is 14.0. The van der Waals surface area contributed by atoms with Gasteiger partial charge in [0.1, 0.15) is 5.82 Å². The van der Waals surface area contributed by atoms with Crippen LogP contribution in [-0.4, -0.2) is 46.8 Å². The lowest BCUT2D eigenvalue weighted by Crippen LogP contribution is -2.51. The molecule has 0 radical (unpaired) electrons. The fourth-order valence-corrected chi connectivity index (χ4v) is 2.92. The van der Waals surface area contributed by atoms with Crippen LogP contribution in [0.2, 0.25) is 0 Å². The zero-order chi connectivity index (χ0) is 17.1. The minimum Gasteiger partial charge on any atom is -0.370 e. The van der Waals surface area contributed by atoms with Crippen molar-refractivity contribution >= 4 is 35.6 Å². The molecule has 3 rings (SSSR count). The van der Waals surface area contributed by atoms with Crippen LogP contribution in [0.5, 0.6) is 0 Å². The van der Waals surface area contributed by atoms with Gasteiger partial charge in [-0.1, -0.05) is 0 Å². The Labute approximate surface area is 164 Å². The first-order valence-corrected chi connectivity index (χ1v) is 8.08. The highest BCUT2D eigenvalue weighted by Crippen LogP contribution is 2.16. The van der Waals surface area contributed by atoms with Crippen LogP contribution in [0, 0.1) is 12.7 Å². The molecule has 0 bridgehead atoms. The molecule has 2 aromatic rings. The minimum absolute atomic E-state index is 0. The van der Waals surface area contributed by atoms with Crippen LogP contribution >= 0.6 is 24.0 Å². The van der Waals surface area contributed by atoms with Gasteiger partial charge >= 0.3 is 0 Å². The average molecular weight is 458 g/mol. The molecule has 1 aliphatic heterocycles. The number of hydrogen-bond donors (Lipinski definition) is 1. The molecule has 0 atom stereocenters. The molecule has 6 nitrogen and oxygen atoms in total. The van der Waals surface area contributed by atoms with Gasteiger partial charge < -0.3 is 15.5 Å². The van der Waals surface area contributed by atoms with Gasteiger partial charge in [-0.2, -0.15) is 5.10 Å². The molecule has 1 aromatic carbocycles. The van der Waals surface area contributed by atoms with Gasteiger partial charge in [0.2, 0.25) is 0 Å². The normalized spacial score (nSPS) is 15.2. The van der Waals surface area contributed by atoms with E-state index in [-0.39, 0.29) is 29.8 Å². The molecular weight excluding hydrogens is 434 g/mol. The predicted octanol–water partition coefficient (Wildman–Crippen LogP) is 2.12. The van der Waals surface area contributed by atoms with Gasteiger partial charge in [0, 0.05) is 38.9 Å². The summed E-state index contributed by atoms with van der Waals surface area (Å²) >= 11 is 0. The lowest BCUT2D eigenvalue weighted by molar-refractivity contribution is 0.380. The van der Waals surface area contributed by atoms with Crippen LogP contribution in [0.25, 0.3) is 0 Å². The van der Waals surface area contributed by atoms with Crippen molar-refractivity contribution in [3.63, 3.8) is 0 Å². The van der Waals surface area contributed by atoms with E-state index in [1.54, 1.807) is 0 Å². The molecule has 2 heterocycles. The number of aromatic nitrogens is 2. The third-order valence-corrected chi connectivity index (χ3v) is 4.30. The molecule has 8 heteroatoms. The van der Waals surface area contributed by atoms with E-state index in [4.69, 9.17) is 5.73 Å². The fourth-order valence-electron chi connectivity index (χ4n) is 2.92. The molecule has 0 aliphatic carbocycles. The van der Waals surface area contributed by atoms with Crippen molar-refractivity contribution in [1.82, 2.24) is 14.7 Å². The van der Waals surface area contributed by atoms with E-state index in [1.807, 2.05) is 36.9 Å². The van der Waals surface area contributed by atoms with Gasteiger partial charge in [0.15, 0.2) is 5.96 Å². The number of piperazine rings is 1. The van der Waals surface area contributed by atoms with Crippen molar-refractivity contribution < 1.29 is 4.39 Å². The Morgan fingerprint density at radius 1 is 1.20 bits per heavy atom. The first kappa shape index (κ1) is 19.5. The maximum atomic E-state index is 13.0. The van der Waals surface area contributed by atoms with Gasteiger partial charge in [0.05, 0.1) is 17.9 Å². The molecule has 0 amide bonds. The maximum Gasteiger partial charge on any atom is 0.191 e. The van der Waals surface area contributed by atoms with E-state index in [1.165, 1.54) is 12.1 Å². The summed E-state index contributed by atoms with van der Waals surface area (Å²) in [5, 5.41) is 4.31. The minimum atomic E-state index is -0.209. The molecule has 0 saturated carbocycles. The van der Waals surface area contributed by atoms with E-state index in [2.05, 4.69) is 19.9 Å². The molecule has 0 spiro atoms. The van der Waals surface area contributed by atoms with E-state index >= 15 is 0 Å². The van der Waals surface area contributed by atoms with Gasteiger partial charge in [-0.15, -0.1) is 24.0 Å². The smallest absolute Gasteiger partial charge is 0.191 e. The Bertz CT molecular complexity index is 719. The second kappa shape index (κ2) is 8.50. The first-order chi connectivity index (χ1) is 11.5. The Morgan fingerprint density at radius 3 is 2.40 bits per heavy atom. The molecule has 136 valence electrons. The summed E-state index contributed by atoms with van der Waals surface area (Å²) in [4.78, 5) is 8.81. The lowest BCUT2D eigenvalue weighted by Gasteiger charge is -2.36. The SMILES string of the molecule is Cc1cc(CN=C(N)N2CCN(c3ccc(F)cc3)CC2)n(C)n1.I. The second-order valence-corrected chi connectivity index (χ2v) is 6.03. The molecular formula is C17H24FIN6. The first-order valence-electron chi connectivity index (χ1n) is 8.08. The number of hydrogen-bond acceptors (Lipinski definition) is 3. The van der Waals surface area contributed by atoms with Crippen molar-refractivity contribution in [3.8, 4) is 0 Å². The quantitative estimate of drug-likeness (QED) is 0.435. The van der Waals surface area contributed by atoms with Crippen molar-refractivity contribution in [1.29, 1.82) is 0 Å². The van der Waals surface area contributed by atoms with Gasteiger partial charge in [-0.05, 0) is 37.3 Å². The summed E-state index contributed by atoms with van der Waals surface area (Å²) in [5.41, 5.74) is 9.20. The summed E-state index contributed by atoms with van der Waals surface area (Å²) in [5.74, 6) is 0.353. The predicted molar refractivity (Wildman–Crippen MR) is 109 cm³/mol. The third-order valence-electron chi connectivity index (χ3n) is 4.30. The Balaban J connectivity index is 0.00000225. The van der Waals surface area contributed by atoms with Crippen LogP contribution in [0.3, 0.4) is 0 Å². The van der Waals surface area contributed by atoms with E-state index < -0.39 is 0 Å². The Hall–Kier alpha value is -1.84. The summed E-state index contributed by atoms with van der Waals surface area (Å²) < 4.78 is 14.8. The largest absolute Gasteiger partial charge is 0.370 e. The lowest BCUT2D eigenvalue weighted by atomic mass is 10.2. The van der Waals surface area contributed by atoms with E-state index in [0.717, 1.165) is 43.3 Å². The zero-order valence-corrected chi connectivity index (χ0v) is 16.9. The number of nitrogens with two attached hydrogens (primary N) is 1. The fraction of sp³-hybridized carbons (Fsp3) is 0.412. The van der Waals surface area contributed by atoms with Gasteiger partial charge in [-0.25, -0.2) is 9.38 Å². The van der Waals surface area contributed by atoms with Gasteiger partial charge in [-0.3, -0.25) is 4.68 Å². The van der Waals surface area contributed by atoms with Crippen LogP contribution in [0.15, 0.2) is 35.3 Å². The van der Waals surface area contributed by atoms with Crippen molar-refractivity contribution in [2.45, 2.75) is 13.5 Å². The highest BCUT2D eigenvalue weighted by atomic mass is 127. The Kier molecular flexibility index (Phi) is 6.63. The topological polar surface area (TPSA) is 62.7 Å². The number of benzene rings is 1. The number of aliphatic imine (C=N–C) groups is 1. The van der Waals surface area contributed by atoms with Crippen molar-refractivity contribution in [2.75, 3.05) is 31.1 Å². The molecule has 1 aromatic heterocycles. The number of anilines is 1. The third kappa shape index (κ3) is 4.83. The van der Waals surface area contributed by atoms with Crippen LogP contribution in [0.1, 0.15) is 11.4 Å². The Morgan fingerprint density at radius 2 is 1.84 bits per heavy atom. The van der Waals surface area contributed by atoms with Crippen LogP contribution < -0.4 is 10.6 Å². The summed E-state index contributed by atoms with van der Waals surface area (Å²) in [6.07, 6.45) is 0. The number of halogens is 2. The molecule has 1 fully saturated rings. The summed E-state index contributed by atoms with van der Waals surface area (Å²) in [7, 11) is 1.91. The number of guanidine groups is 1. The number of nitrogens with zero attached hydrogens (tertiary/aromatic N) is 5. The highest BCUT2D eigenvalue weighted by Gasteiger charge is 2.18. The van der Waals surface area contributed by atoms with Crippen molar-refractivity contribution in [2.24, 2.45) is 17.8 Å². The average Bonchev–Trinajstić information content (AvgIpc) is 2.91. The van der Waals surface area contributed by atoms with Crippen molar-refractivity contribution in [3.05, 3.63) is 47.5 Å². The molecule has 0 unspecified atom stereocenters. The maximum absolute atomic E-state index is 13.0. The molecule has 25 heavy (non-hydrogen) atoms. The van der Waals surface area contributed by atoms with Crippen LogP contribution in [0.4, 0.5) is 10.1 Å². The molecule has 2 N–H and O–H groups in total. The van der Waals surface area contributed by atoms with E-state index in [0.29, 0.717) is 12.5 Å². The number of aryl methyl sites for hydroxylation is 2. The summed E-state index contributed by atoms with van der Waals surface area (Å²) in [6.45, 7) is 5.78. The molecule has 1 saturated heterocycles. The van der Waals surface area contributed by atoms with Crippen LogP contribution in [-0.2, 0) is 13.6 Å². The number of rotatable bonds is 3. The molecule has 1 aliphatic rings. The zero-order valence-electron chi connectivity index (χ0n) is 14.5. The summed E-state index contributed by atoms with van der Waals surface area (Å²) in [6, 6.07) is 8.63.